The molecule has 0 heteroatoms. The largest absolute Gasteiger partial charge is 0.0620 e. The zero-order valence-corrected chi connectivity index (χ0v) is 28.4. The molecule has 0 nitrogen and oxygen atoms in total. The molecule has 236 valence electrons. The maximum Gasteiger partial charge on any atom is -0.00130 e. The summed E-state index contributed by atoms with van der Waals surface area (Å²) in [6.07, 6.45) is 1.71. The second-order valence-electron chi connectivity index (χ2n) is 14.0. The topological polar surface area (TPSA) is 0 Å². The van der Waals surface area contributed by atoms with Gasteiger partial charge in [0.2, 0.25) is 0 Å². The third-order valence-electron chi connectivity index (χ3n) is 11.3. The van der Waals surface area contributed by atoms with Crippen molar-refractivity contribution in [2.45, 2.75) is 26.7 Å². The molecule has 10 rings (SSSR count). The lowest BCUT2D eigenvalue weighted by Crippen LogP contribution is -2.05. The van der Waals surface area contributed by atoms with Crippen molar-refractivity contribution in [2.24, 2.45) is 0 Å². The van der Waals surface area contributed by atoms with Crippen LogP contribution in [-0.4, -0.2) is 0 Å². The maximum atomic E-state index is 2.52. The number of fused-ring (bicyclic) bond motifs is 10. The van der Waals surface area contributed by atoms with Gasteiger partial charge in [0.25, 0.3) is 0 Å². The summed E-state index contributed by atoms with van der Waals surface area (Å²) in [7, 11) is 0. The molecule has 8 aromatic rings. The first-order chi connectivity index (χ1) is 24.7. The molecule has 8 aromatic carbocycles. The van der Waals surface area contributed by atoms with Crippen molar-refractivity contribution in [3.05, 3.63) is 191 Å². The molecule has 0 N–H and O–H groups in total. The fourth-order valence-corrected chi connectivity index (χ4v) is 9.02. The van der Waals surface area contributed by atoms with Gasteiger partial charge in [-0.1, -0.05) is 152 Å². The Morgan fingerprint density at radius 1 is 0.320 bits per heavy atom. The predicted molar refractivity (Wildman–Crippen MR) is 212 cm³/mol. The van der Waals surface area contributed by atoms with Crippen LogP contribution in [-0.2, 0) is 12.8 Å². The number of hydrogen-bond acceptors (Lipinski definition) is 0. The van der Waals surface area contributed by atoms with Gasteiger partial charge in [-0.2, -0.15) is 0 Å². The van der Waals surface area contributed by atoms with Crippen molar-refractivity contribution < 1.29 is 0 Å². The second-order valence-corrected chi connectivity index (χ2v) is 14.0. The number of rotatable bonds is 2. The molecule has 0 saturated heterocycles. The summed E-state index contributed by atoms with van der Waals surface area (Å²) < 4.78 is 0. The molecular weight excluding hydrogens is 601 g/mol. The third-order valence-corrected chi connectivity index (χ3v) is 11.3. The third kappa shape index (κ3) is 4.31. The Balaban J connectivity index is 1.26. The predicted octanol–water partition coefficient (Wildman–Crippen LogP) is 13.3. The minimum atomic E-state index is 0.852. The van der Waals surface area contributed by atoms with Gasteiger partial charge in [-0.15, -0.1) is 0 Å². The molecular formula is C50H36. The summed E-state index contributed by atoms with van der Waals surface area (Å²) in [5, 5.41) is 2.74. The van der Waals surface area contributed by atoms with E-state index in [1.165, 1.54) is 111 Å². The fourth-order valence-electron chi connectivity index (χ4n) is 9.02. The summed E-state index contributed by atoms with van der Waals surface area (Å²) in [5.41, 5.74) is 24.1. The van der Waals surface area contributed by atoms with Gasteiger partial charge >= 0.3 is 0 Å². The minimum absolute atomic E-state index is 0.852. The van der Waals surface area contributed by atoms with Crippen LogP contribution in [0.3, 0.4) is 0 Å². The zero-order chi connectivity index (χ0) is 33.3. The van der Waals surface area contributed by atoms with Crippen LogP contribution in [0.5, 0.6) is 0 Å². The van der Waals surface area contributed by atoms with Gasteiger partial charge in [-0.3, -0.25) is 0 Å². The van der Waals surface area contributed by atoms with E-state index in [1.54, 1.807) is 0 Å². The molecule has 0 spiro atoms. The van der Waals surface area contributed by atoms with Crippen molar-refractivity contribution >= 4 is 10.8 Å². The first-order valence-corrected chi connectivity index (χ1v) is 17.8. The Kier molecular flexibility index (Phi) is 6.54. The Hall–Kier alpha value is -5.98. The molecule has 0 fully saturated rings. The van der Waals surface area contributed by atoms with Crippen LogP contribution in [0.15, 0.2) is 158 Å². The Morgan fingerprint density at radius 3 is 1.54 bits per heavy atom. The summed E-state index contributed by atoms with van der Waals surface area (Å²) in [5.74, 6) is 0. The van der Waals surface area contributed by atoms with Gasteiger partial charge in [0, 0.05) is 0 Å². The Labute approximate surface area is 294 Å². The Morgan fingerprint density at radius 2 is 0.800 bits per heavy atom. The van der Waals surface area contributed by atoms with Crippen LogP contribution in [0.4, 0.5) is 0 Å². The fraction of sp³-hybridized carbons (Fsp3) is 0.0800. The molecule has 0 saturated carbocycles. The van der Waals surface area contributed by atoms with Gasteiger partial charge in [-0.25, -0.2) is 0 Å². The molecule has 0 atom stereocenters. The number of benzene rings is 8. The number of aryl methyl sites for hydroxylation is 1. The van der Waals surface area contributed by atoms with Gasteiger partial charge in [-0.05, 0) is 144 Å². The van der Waals surface area contributed by atoms with E-state index < -0.39 is 0 Å². The van der Waals surface area contributed by atoms with Crippen molar-refractivity contribution in [3.63, 3.8) is 0 Å². The van der Waals surface area contributed by atoms with E-state index in [0.29, 0.717) is 0 Å². The van der Waals surface area contributed by atoms with Crippen molar-refractivity contribution in [1.29, 1.82) is 0 Å². The second kappa shape index (κ2) is 11.3. The minimum Gasteiger partial charge on any atom is -0.0620 e. The molecule has 0 bridgehead atoms. The first kappa shape index (κ1) is 29.0. The van der Waals surface area contributed by atoms with E-state index in [4.69, 9.17) is 0 Å². The van der Waals surface area contributed by atoms with Gasteiger partial charge in [0.15, 0.2) is 0 Å². The summed E-state index contributed by atoms with van der Waals surface area (Å²) >= 11 is 0. The van der Waals surface area contributed by atoms with E-state index >= 15 is 0 Å². The van der Waals surface area contributed by atoms with E-state index in [1.807, 2.05) is 0 Å². The maximum absolute atomic E-state index is 2.52. The highest BCUT2D eigenvalue weighted by Crippen LogP contribution is 2.52. The summed E-state index contributed by atoms with van der Waals surface area (Å²) in [6.45, 7) is 4.51. The first-order valence-electron chi connectivity index (χ1n) is 17.8. The highest BCUT2D eigenvalue weighted by molar-refractivity contribution is 6.19. The van der Waals surface area contributed by atoms with Crippen LogP contribution < -0.4 is 0 Å². The SMILES string of the molecule is Cc1ccccc1-c1cccc(-c2cccc3c2-c2ccccc2Cc2cc4c5c(cccc5c2-c2ccccc2C3)-c2ccccc2-4)c1C. The van der Waals surface area contributed by atoms with Gasteiger partial charge < -0.3 is 0 Å². The molecule has 0 aliphatic heterocycles. The summed E-state index contributed by atoms with van der Waals surface area (Å²) in [6, 6.07) is 59.3. The zero-order valence-electron chi connectivity index (χ0n) is 28.4. The van der Waals surface area contributed by atoms with Crippen LogP contribution in [0.1, 0.15) is 33.4 Å². The lowest BCUT2D eigenvalue weighted by molar-refractivity contribution is 1.15. The highest BCUT2D eigenvalue weighted by Gasteiger charge is 2.27. The summed E-state index contributed by atoms with van der Waals surface area (Å²) in [4.78, 5) is 0. The van der Waals surface area contributed by atoms with Crippen LogP contribution in [0.2, 0.25) is 0 Å². The van der Waals surface area contributed by atoms with Gasteiger partial charge in [0.1, 0.15) is 0 Å². The molecule has 0 heterocycles. The normalized spacial score (nSPS) is 12.4. The monoisotopic (exact) mass is 636 g/mol. The smallest absolute Gasteiger partial charge is 0.00130 e. The number of hydrogen-bond donors (Lipinski definition) is 0. The standard InChI is InChI=1S/C50H36/c1-31-14-3-6-18-37(31)38-23-12-24-39(32(38)2)44-25-11-17-35-28-33-15-4-8-20-41(33)49-36(29-34-16-5-7-19-40(34)48(35)44)30-47-43-22-10-9-21-42(43)45-26-13-27-46(49)50(45)47/h3-27,30H,28-29H2,1-2H3. The van der Waals surface area contributed by atoms with E-state index in [9.17, 15) is 0 Å². The van der Waals surface area contributed by atoms with E-state index in [0.717, 1.165) is 12.8 Å². The molecule has 2 aliphatic carbocycles. The average Bonchev–Trinajstić information content (AvgIpc) is 3.47. The highest BCUT2D eigenvalue weighted by atomic mass is 14.3. The molecule has 0 unspecified atom stereocenters. The van der Waals surface area contributed by atoms with Crippen molar-refractivity contribution in [2.75, 3.05) is 0 Å². The van der Waals surface area contributed by atoms with E-state index in [2.05, 4.69) is 172 Å². The molecule has 0 amide bonds. The van der Waals surface area contributed by atoms with Gasteiger partial charge in [0.05, 0.1) is 0 Å². The molecule has 50 heavy (non-hydrogen) atoms. The van der Waals surface area contributed by atoms with Crippen LogP contribution in [0.25, 0.3) is 77.5 Å². The lowest BCUT2D eigenvalue weighted by Gasteiger charge is -2.25. The molecule has 0 aromatic heterocycles. The van der Waals surface area contributed by atoms with Crippen molar-refractivity contribution in [1.82, 2.24) is 0 Å². The van der Waals surface area contributed by atoms with E-state index in [-0.39, 0.29) is 0 Å². The molecule has 2 aliphatic rings. The van der Waals surface area contributed by atoms with Crippen LogP contribution in [0, 0.1) is 13.8 Å². The van der Waals surface area contributed by atoms with Crippen LogP contribution >= 0.6 is 0 Å². The lowest BCUT2D eigenvalue weighted by atomic mass is 9.79. The quantitative estimate of drug-likeness (QED) is 0.177. The molecule has 0 radical (unpaired) electrons. The van der Waals surface area contributed by atoms with Crippen molar-refractivity contribution in [3.8, 4) is 66.8 Å². The average molecular weight is 637 g/mol. The Bertz CT molecular complexity index is 2670.